The molecule has 1 rings (SSSR count). The van der Waals surface area contributed by atoms with Crippen LogP contribution in [-0.2, 0) is 4.79 Å². The van der Waals surface area contributed by atoms with Crippen molar-refractivity contribution < 1.29 is 14.7 Å². The first-order valence-corrected chi connectivity index (χ1v) is 6.00. The lowest BCUT2D eigenvalue weighted by Crippen LogP contribution is -2.44. The number of carbonyl (C=O) groups excluding carboxylic acids is 1. The van der Waals surface area contributed by atoms with Crippen LogP contribution < -0.4 is 5.32 Å². The van der Waals surface area contributed by atoms with Gasteiger partial charge >= 0.3 is 5.97 Å². The number of benzene rings is 1. The number of nitrogens with one attached hydrogen (secondary N) is 1. The lowest BCUT2D eigenvalue weighted by molar-refractivity contribution is -0.140. The van der Waals surface area contributed by atoms with Crippen LogP contribution in [0.5, 0.6) is 0 Å². The molecule has 98 valence electrons. The molecule has 0 spiro atoms. The molecule has 0 fully saturated rings. The van der Waals surface area contributed by atoms with Crippen molar-refractivity contribution in [2.45, 2.75) is 26.8 Å². The number of aliphatic carboxylic acids is 1. The molecule has 4 nitrogen and oxygen atoms in total. The molecule has 0 saturated heterocycles. The number of carboxylic acid groups (broad SMARTS) is 1. The van der Waals surface area contributed by atoms with Gasteiger partial charge in [-0.2, -0.15) is 0 Å². The highest BCUT2D eigenvalue weighted by Crippen LogP contribution is 2.15. The quantitative estimate of drug-likeness (QED) is 0.882. The summed E-state index contributed by atoms with van der Waals surface area (Å²) in [7, 11) is 0. The monoisotopic (exact) mass is 269 g/mol. The zero-order valence-electron chi connectivity index (χ0n) is 10.5. The Morgan fingerprint density at radius 3 is 2.33 bits per heavy atom. The molecule has 0 aromatic heterocycles. The summed E-state index contributed by atoms with van der Waals surface area (Å²) in [5.74, 6) is -1.66. The molecule has 1 amide bonds. The van der Waals surface area contributed by atoms with Crippen molar-refractivity contribution in [1.29, 1.82) is 0 Å². The summed E-state index contributed by atoms with van der Waals surface area (Å²) in [5.41, 5.74) is 1.22. The zero-order valence-corrected chi connectivity index (χ0v) is 11.3. The number of hydrogen-bond donors (Lipinski definition) is 2. The van der Waals surface area contributed by atoms with Gasteiger partial charge in [0.2, 0.25) is 0 Å². The van der Waals surface area contributed by atoms with E-state index in [4.69, 9.17) is 16.7 Å². The van der Waals surface area contributed by atoms with Crippen LogP contribution in [0.1, 0.15) is 29.8 Å². The van der Waals surface area contributed by atoms with Crippen LogP contribution in [0.2, 0.25) is 5.02 Å². The minimum Gasteiger partial charge on any atom is -0.480 e. The van der Waals surface area contributed by atoms with E-state index in [0.29, 0.717) is 10.6 Å². The SMILES string of the molecule is Cc1cc(Cl)cc(C(=O)NC(C(=O)O)C(C)C)c1. The van der Waals surface area contributed by atoms with E-state index in [0.717, 1.165) is 5.56 Å². The van der Waals surface area contributed by atoms with Crippen LogP contribution in [0.25, 0.3) is 0 Å². The average Bonchev–Trinajstić information content (AvgIpc) is 2.23. The Morgan fingerprint density at radius 2 is 1.89 bits per heavy atom. The number of aryl methyl sites for hydroxylation is 1. The minimum atomic E-state index is -1.04. The summed E-state index contributed by atoms with van der Waals surface area (Å²) in [6, 6.07) is 4.01. The molecular weight excluding hydrogens is 254 g/mol. The van der Waals surface area contributed by atoms with Crippen molar-refractivity contribution >= 4 is 23.5 Å². The molecule has 0 aliphatic rings. The average molecular weight is 270 g/mol. The fourth-order valence-corrected chi connectivity index (χ4v) is 1.90. The van der Waals surface area contributed by atoms with Crippen LogP contribution in [0.3, 0.4) is 0 Å². The molecule has 1 unspecified atom stereocenters. The number of halogens is 1. The minimum absolute atomic E-state index is 0.188. The van der Waals surface area contributed by atoms with Crippen LogP contribution in [0.15, 0.2) is 18.2 Å². The molecule has 0 aliphatic heterocycles. The maximum absolute atomic E-state index is 11.9. The van der Waals surface area contributed by atoms with Gasteiger partial charge in [0.05, 0.1) is 0 Å². The highest BCUT2D eigenvalue weighted by Gasteiger charge is 2.24. The Balaban J connectivity index is 2.90. The summed E-state index contributed by atoms with van der Waals surface area (Å²) in [4.78, 5) is 22.9. The van der Waals surface area contributed by atoms with Gasteiger partial charge in [0.1, 0.15) is 6.04 Å². The third-order valence-corrected chi connectivity index (χ3v) is 2.74. The lowest BCUT2D eigenvalue weighted by Gasteiger charge is -2.18. The third kappa shape index (κ3) is 3.74. The van der Waals surface area contributed by atoms with E-state index >= 15 is 0 Å². The molecule has 18 heavy (non-hydrogen) atoms. The van der Waals surface area contributed by atoms with Gasteiger partial charge in [-0.05, 0) is 36.6 Å². The van der Waals surface area contributed by atoms with Crippen molar-refractivity contribution in [3.05, 3.63) is 34.3 Å². The molecule has 0 heterocycles. The predicted molar refractivity (Wildman–Crippen MR) is 69.9 cm³/mol. The Hall–Kier alpha value is -1.55. The zero-order chi connectivity index (χ0) is 13.9. The van der Waals surface area contributed by atoms with Gasteiger partial charge in [-0.1, -0.05) is 25.4 Å². The molecule has 0 saturated carbocycles. The Morgan fingerprint density at radius 1 is 1.28 bits per heavy atom. The Bertz CT molecular complexity index is 451. The van der Waals surface area contributed by atoms with E-state index in [1.54, 1.807) is 26.0 Å². The molecular formula is C13H16ClNO3. The van der Waals surface area contributed by atoms with Crippen molar-refractivity contribution in [2.24, 2.45) is 5.92 Å². The fraction of sp³-hybridized carbons (Fsp3) is 0.385. The second-order valence-electron chi connectivity index (χ2n) is 4.55. The van der Waals surface area contributed by atoms with Crippen LogP contribution in [-0.4, -0.2) is 23.0 Å². The van der Waals surface area contributed by atoms with Gasteiger partial charge in [-0.25, -0.2) is 4.79 Å². The van der Waals surface area contributed by atoms with E-state index in [-0.39, 0.29) is 5.92 Å². The summed E-state index contributed by atoms with van der Waals surface area (Å²) in [5, 5.41) is 12.0. The summed E-state index contributed by atoms with van der Waals surface area (Å²) in [6.07, 6.45) is 0. The maximum Gasteiger partial charge on any atom is 0.326 e. The standard InChI is InChI=1S/C13H16ClNO3/c1-7(2)11(13(17)18)15-12(16)9-4-8(3)5-10(14)6-9/h4-7,11H,1-3H3,(H,15,16)(H,17,18). The highest BCUT2D eigenvalue weighted by molar-refractivity contribution is 6.31. The topological polar surface area (TPSA) is 66.4 Å². The van der Waals surface area contributed by atoms with Gasteiger partial charge in [0.15, 0.2) is 0 Å². The number of amides is 1. The molecule has 1 atom stereocenters. The molecule has 0 aliphatic carbocycles. The smallest absolute Gasteiger partial charge is 0.326 e. The van der Waals surface area contributed by atoms with Crippen LogP contribution in [0, 0.1) is 12.8 Å². The van der Waals surface area contributed by atoms with Gasteiger partial charge in [-0.3, -0.25) is 4.79 Å². The van der Waals surface area contributed by atoms with Gasteiger partial charge in [0.25, 0.3) is 5.91 Å². The first-order valence-electron chi connectivity index (χ1n) is 5.62. The number of hydrogen-bond acceptors (Lipinski definition) is 2. The van der Waals surface area contributed by atoms with Crippen molar-refractivity contribution in [3.63, 3.8) is 0 Å². The molecule has 0 bridgehead atoms. The predicted octanol–water partition coefficient (Wildman–Crippen LogP) is 2.49. The normalized spacial score (nSPS) is 12.3. The molecule has 1 aromatic rings. The van der Waals surface area contributed by atoms with Gasteiger partial charge < -0.3 is 10.4 Å². The third-order valence-electron chi connectivity index (χ3n) is 2.52. The van der Waals surface area contributed by atoms with Crippen molar-refractivity contribution in [2.75, 3.05) is 0 Å². The first kappa shape index (κ1) is 14.5. The van der Waals surface area contributed by atoms with Crippen molar-refractivity contribution in [3.8, 4) is 0 Å². The van der Waals surface area contributed by atoms with Crippen LogP contribution >= 0.6 is 11.6 Å². The maximum atomic E-state index is 11.9. The second kappa shape index (κ2) is 5.87. The number of carboxylic acids is 1. The van der Waals surface area contributed by atoms with Gasteiger partial charge in [0, 0.05) is 10.6 Å². The highest BCUT2D eigenvalue weighted by atomic mass is 35.5. The Kier molecular flexibility index (Phi) is 4.73. The molecule has 0 radical (unpaired) electrons. The lowest BCUT2D eigenvalue weighted by atomic mass is 10.0. The summed E-state index contributed by atoms with van der Waals surface area (Å²) < 4.78 is 0. The van der Waals surface area contributed by atoms with E-state index in [2.05, 4.69) is 5.32 Å². The van der Waals surface area contributed by atoms with Gasteiger partial charge in [-0.15, -0.1) is 0 Å². The summed E-state index contributed by atoms with van der Waals surface area (Å²) in [6.45, 7) is 5.30. The Labute approximate surface area is 111 Å². The van der Waals surface area contributed by atoms with E-state index < -0.39 is 17.9 Å². The summed E-state index contributed by atoms with van der Waals surface area (Å²) >= 11 is 5.86. The second-order valence-corrected chi connectivity index (χ2v) is 4.99. The number of rotatable bonds is 4. The molecule has 2 N–H and O–H groups in total. The molecule has 1 aromatic carbocycles. The largest absolute Gasteiger partial charge is 0.480 e. The number of carbonyl (C=O) groups is 2. The van der Waals surface area contributed by atoms with E-state index in [1.807, 2.05) is 6.92 Å². The fourth-order valence-electron chi connectivity index (χ4n) is 1.61. The van der Waals surface area contributed by atoms with Crippen LogP contribution in [0.4, 0.5) is 0 Å². The molecule has 5 heteroatoms. The van der Waals surface area contributed by atoms with E-state index in [9.17, 15) is 9.59 Å². The first-order chi connectivity index (χ1) is 8.31. The van der Waals surface area contributed by atoms with E-state index in [1.165, 1.54) is 6.07 Å². The van der Waals surface area contributed by atoms with Crippen molar-refractivity contribution in [1.82, 2.24) is 5.32 Å².